The second-order valence-corrected chi connectivity index (χ2v) is 7.73. The standard InChI is InChI=1S/C12H15NO.C9H12.C7H14/c1-8(9(2)11(4)13)10(3)12-6-5-7-14-12;1-3-9-6-4-8(2)5-7-9;1-4-5-6-7(2)3/h5-7,13H,3H2,1-2,4H3;4-7H,3H2,1-2H3;2,4-6H2,1,3H3/b9-8-,13-11?;;. The molecule has 0 spiro atoms. The van der Waals surface area contributed by atoms with Crippen molar-refractivity contribution >= 4 is 11.3 Å². The lowest BCUT2D eigenvalue weighted by molar-refractivity contribution is 0.553. The summed E-state index contributed by atoms with van der Waals surface area (Å²) in [6.07, 6.45) is 6.55. The summed E-state index contributed by atoms with van der Waals surface area (Å²) in [5.41, 5.74) is 7.43. The van der Waals surface area contributed by atoms with Gasteiger partial charge in [-0.25, -0.2) is 0 Å². The molecule has 2 aromatic rings. The Balaban J connectivity index is 0.000000454. The number of allylic oxidation sites excluding steroid dienone is 4. The van der Waals surface area contributed by atoms with Crippen LogP contribution in [0.15, 0.2) is 77.0 Å². The summed E-state index contributed by atoms with van der Waals surface area (Å²) in [6.45, 7) is 22.0. The SMILES string of the molecule is C=C(/C(C)=C(/C)C(C)=N)c1ccco1.C=C(C)CCCC.CCc1ccc(C)cc1. The molecule has 2 nitrogen and oxygen atoms in total. The van der Waals surface area contributed by atoms with Gasteiger partial charge in [-0.3, -0.25) is 0 Å². The van der Waals surface area contributed by atoms with Crippen molar-refractivity contribution in [3.05, 3.63) is 89.4 Å². The first-order valence-electron chi connectivity index (χ1n) is 10.8. The van der Waals surface area contributed by atoms with Crippen LogP contribution in [0, 0.1) is 12.3 Å². The molecule has 0 aliphatic rings. The van der Waals surface area contributed by atoms with Gasteiger partial charge in [-0.15, -0.1) is 6.58 Å². The maximum atomic E-state index is 7.52. The van der Waals surface area contributed by atoms with Crippen molar-refractivity contribution in [2.75, 3.05) is 0 Å². The van der Waals surface area contributed by atoms with Crippen LogP contribution in [0.2, 0.25) is 0 Å². The van der Waals surface area contributed by atoms with Crippen molar-refractivity contribution in [2.24, 2.45) is 0 Å². The highest BCUT2D eigenvalue weighted by Gasteiger charge is 2.07. The minimum absolute atomic E-state index is 0.565. The van der Waals surface area contributed by atoms with Gasteiger partial charge in [-0.05, 0) is 82.7 Å². The summed E-state index contributed by atoms with van der Waals surface area (Å²) in [6, 6.07) is 12.4. The quantitative estimate of drug-likeness (QED) is 0.277. The molecule has 0 unspecified atom stereocenters. The molecule has 0 aliphatic carbocycles. The van der Waals surface area contributed by atoms with E-state index in [9.17, 15) is 0 Å². The Labute approximate surface area is 184 Å². The van der Waals surface area contributed by atoms with Crippen molar-refractivity contribution in [1.29, 1.82) is 5.41 Å². The van der Waals surface area contributed by atoms with E-state index in [0.29, 0.717) is 5.71 Å². The van der Waals surface area contributed by atoms with E-state index in [1.165, 1.54) is 36.0 Å². The zero-order valence-electron chi connectivity index (χ0n) is 20.2. The van der Waals surface area contributed by atoms with Gasteiger partial charge in [0.15, 0.2) is 0 Å². The number of hydrogen-bond donors (Lipinski definition) is 1. The third-order valence-corrected chi connectivity index (χ3v) is 4.88. The monoisotopic (exact) mass is 407 g/mol. The van der Waals surface area contributed by atoms with E-state index in [1.54, 1.807) is 13.2 Å². The van der Waals surface area contributed by atoms with Gasteiger partial charge in [-0.2, -0.15) is 0 Å². The third-order valence-electron chi connectivity index (χ3n) is 4.88. The van der Waals surface area contributed by atoms with Gasteiger partial charge >= 0.3 is 0 Å². The minimum Gasteiger partial charge on any atom is -0.464 e. The molecule has 1 aromatic heterocycles. The summed E-state index contributed by atoms with van der Waals surface area (Å²) in [4.78, 5) is 0. The first-order valence-corrected chi connectivity index (χ1v) is 10.8. The molecule has 1 aromatic carbocycles. The van der Waals surface area contributed by atoms with Gasteiger partial charge in [0, 0.05) is 11.3 Å². The fourth-order valence-electron chi connectivity index (χ4n) is 2.44. The number of furan rings is 1. The predicted octanol–water partition coefficient (Wildman–Crippen LogP) is 8.98. The lowest BCUT2D eigenvalue weighted by Gasteiger charge is -2.07. The number of aryl methyl sites for hydroxylation is 2. The fourth-order valence-corrected chi connectivity index (χ4v) is 2.44. The molecule has 30 heavy (non-hydrogen) atoms. The first kappa shape index (κ1) is 27.4. The highest BCUT2D eigenvalue weighted by molar-refractivity contribution is 5.99. The van der Waals surface area contributed by atoms with Gasteiger partial charge in [0.2, 0.25) is 0 Å². The molecule has 0 aliphatic heterocycles. The second-order valence-electron chi connectivity index (χ2n) is 7.73. The van der Waals surface area contributed by atoms with Crippen molar-refractivity contribution in [2.45, 2.75) is 74.1 Å². The van der Waals surface area contributed by atoms with Crippen molar-refractivity contribution in [1.82, 2.24) is 0 Å². The van der Waals surface area contributed by atoms with Crippen molar-refractivity contribution < 1.29 is 4.42 Å². The number of nitrogens with one attached hydrogen (secondary N) is 1. The molecule has 1 N–H and O–H groups in total. The van der Waals surface area contributed by atoms with E-state index in [-0.39, 0.29) is 0 Å². The van der Waals surface area contributed by atoms with E-state index in [0.717, 1.165) is 28.9 Å². The second kappa shape index (κ2) is 15.3. The molecule has 0 radical (unpaired) electrons. The molecular formula is C28H41NO. The lowest BCUT2D eigenvalue weighted by atomic mass is 9.99. The van der Waals surface area contributed by atoms with E-state index >= 15 is 0 Å². The minimum atomic E-state index is 0.565. The topological polar surface area (TPSA) is 37.0 Å². The van der Waals surface area contributed by atoms with Crippen LogP contribution in [0.25, 0.3) is 5.57 Å². The van der Waals surface area contributed by atoms with Crippen LogP contribution in [-0.2, 0) is 6.42 Å². The maximum absolute atomic E-state index is 7.52. The van der Waals surface area contributed by atoms with E-state index < -0.39 is 0 Å². The molecule has 2 heteroatoms. The molecule has 0 fully saturated rings. The number of rotatable bonds is 7. The fraction of sp³-hybridized carbons (Fsp3) is 0.393. The maximum Gasteiger partial charge on any atom is 0.133 e. The Morgan fingerprint density at radius 1 is 0.933 bits per heavy atom. The summed E-state index contributed by atoms with van der Waals surface area (Å²) in [7, 11) is 0. The van der Waals surface area contributed by atoms with Crippen molar-refractivity contribution in [3.8, 4) is 0 Å². The van der Waals surface area contributed by atoms with E-state index in [2.05, 4.69) is 65.1 Å². The molecule has 0 saturated carbocycles. The molecule has 164 valence electrons. The van der Waals surface area contributed by atoms with Crippen LogP contribution in [0.5, 0.6) is 0 Å². The molecule has 0 amide bonds. The first-order chi connectivity index (χ1) is 14.1. The number of unbranched alkanes of at least 4 members (excludes halogenated alkanes) is 1. The molecule has 1 heterocycles. The van der Waals surface area contributed by atoms with Crippen LogP contribution >= 0.6 is 0 Å². The van der Waals surface area contributed by atoms with Gasteiger partial charge < -0.3 is 9.83 Å². The zero-order chi connectivity index (χ0) is 23.1. The normalized spacial score (nSPS) is 10.6. The number of benzene rings is 1. The number of hydrogen-bond acceptors (Lipinski definition) is 2. The van der Waals surface area contributed by atoms with E-state index in [1.807, 2.05) is 26.0 Å². The molecular weight excluding hydrogens is 366 g/mol. The molecule has 0 bridgehead atoms. The zero-order valence-corrected chi connectivity index (χ0v) is 20.2. The molecule has 2 rings (SSSR count). The Morgan fingerprint density at radius 3 is 1.90 bits per heavy atom. The van der Waals surface area contributed by atoms with Gasteiger partial charge in [0.1, 0.15) is 5.76 Å². The Bertz CT molecular complexity index is 805. The van der Waals surface area contributed by atoms with Crippen LogP contribution in [0.1, 0.15) is 77.7 Å². The van der Waals surface area contributed by atoms with Gasteiger partial charge in [0.05, 0.1) is 6.26 Å². The Kier molecular flexibility index (Phi) is 13.9. The average Bonchev–Trinajstić information content (AvgIpc) is 3.27. The summed E-state index contributed by atoms with van der Waals surface area (Å²) < 4.78 is 5.24. The van der Waals surface area contributed by atoms with Crippen LogP contribution in [0.3, 0.4) is 0 Å². The Morgan fingerprint density at radius 2 is 1.53 bits per heavy atom. The average molecular weight is 408 g/mol. The third kappa shape index (κ3) is 11.4. The van der Waals surface area contributed by atoms with Gasteiger partial charge in [-0.1, -0.05) is 62.2 Å². The van der Waals surface area contributed by atoms with Crippen LogP contribution in [-0.4, -0.2) is 5.71 Å². The molecule has 0 saturated heterocycles. The Hall–Kier alpha value is -2.61. The van der Waals surface area contributed by atoms with Gasteiger partial charge in [0.25, 0.3) is 0 Å². The predicted molar refractivity (Wildman–Crippen MR) is 134 cm³/mol. The summed E-state index contributed by atoms with van der Waals surface area (Å²) in [5, 5.41) is 7.52. The highest BCUT2D eigenvalue weighted by Crippen LogP contribution is 2.23. The van der Waals surface area contributed by atoms with E-state index in [4.69, 9.17) is 9.83 Å². The molecule has 0 atom stereocenters. The smallest absolute Gasteiger partial charge is 0.133 e. The largest absolute Gasteiger partial charge is 0.464 e. The summed E-state index contributed by atoms with van der Waals surface area (Å²) in [5.74, 6) is 0.767. The van der Waals surface area contributed by atoms with Crippen molar-refractivity contribution in [3.63, 3.8) is 0 Å². The lowest BCUT2D eigenvalue weighted by Crippen LogP contribution is -1.96. The highest BCUT2D eigenvalue weighted by atomic mass is 16.3. The van der Waals surface area contributed by atoms with Crippen LogP contribution in [0.4, 0.5) is 0 Å². The van der Waals surface area contributed by atoms with Crippen LogP contribution < -0.4 is 0 Å². The summed E-state index contributed by atoms with van der Waals surface area (Å²) >= 11 is 0.